The third kappa shape index (κ3) is 3.57. The van der Waals surface area contributed by atoms with Crippen molar-refractivity contribution in [3.63, 3.8) is 0 Å². The van der Waals surface area contributed by atoms with Gasteiger partial charge in [-0.25, -0.2) is 16.8 Å². The molecule has 0 amide bonds. The van der Waals surface area contributed by atoms with E-state index in [0.29, 0.717) is 34.0 Å². The molecule has 1 aliphatic heterocycles. The first kappa shape index (κ1) is 23.0. The van der Waals surface area contributed by atoms with E-state index in [4.69, 9.17) is 0 Å². The average molecular weight is 691 g/mol. The summed E-state index contributed by atoms with van der Waals surface area (Å²) in [5.41, 5.74) is 3.53. The van der Waals surface area contributed by atoms with Crippen LogP contribution in [0.5, 0.6) is 0 Å². The van der Waals surface area contributed by atoms with E-state index in [1.165, 1.54) is 10.2 Å². The Hall–Kier alpha value is -1.74. The van der Waals surface area contributed by atoms with Gasteiger partial charge in [0.05, 0.1) is 28.7 Å². The van der Waals surface area contributed by atoms with Crippen LogP contribution in [0.15, 0.2) is 36.5 Å². The summed E-state index contributed by atoms with van der Waals surface area (Å²) in [7, 11) is -3.49. The number of anilines is 1. The molecule has 2 aromatic heterocycles. The molecular weight excluding hydrogens is 671 g/mol. The van der Waals surface area contributed by atoms with E-state index < -0.39 is 19.7 Å². The van der Waals surface area contributed by atoms with Crippen molar-refractivity contribution in [3.05, 3.63) is 57.3 Å². The Bertz CT molecular complexity index is 1560. The molecule has 0 saturated heterocycles. The highest BCUT2D eigenvalue weighted by molar-refractivity contribution is 14.1. The van der Waals surface area contributed by atoms with Gasteiger partial charge < -0.3 is 5.32 Å². The minimum Gasteiger partial charge on any atom is -0.371 e. The van der Waals surface area contributed by atoms with Gasteiger partial charge in [-0.2, -0.15) is 0 Å². The molecule has 0 fully saturated rings. The lowest BCUT2D eigenvalue weighted by molar-refractivity contribution is 0.484. The smallest absolute Gasteiger partial charge is 0.236 e. The molecule has 0 saturated carbocycles. The molecule has 172 valence electrons. The Morgan fingerprint density at radius 1 is 1.15 bits per heavy atom. The zero-order valence-corrected chi connectivity index (χ0v) is 23.3. The van der Waals surface area contributed by atoms with E-state index in [1.807, 2.05) is 49.6 Å². The monoisotopic (exact) mass is 691 g/mol. The molecule has 5 rings (SSSR count). The Kier molecular flexibility index (Phi) is 5.33. The van der Waals surface area contributed by atoms with Gasteiger partial charge in [0.1, 0.15) is 5.82 Å². The van der Waals surface area contributed by atoms with E-state index in [9.17, 15) is 8.42 Å². The average Bonchev–Trinajstić information content (AvgIpc) is 3.30. The fourth-order valence-electron chi connectivity index (χ4n) is 4.53. The van der Waals surface area contributed by atoms with Crippen LogP contribution in [0.1, 0.15) is 35.2 Å². The summed E-state index contributed by atoms with van der Waals surface area (Å²) in [6.45, 7) is 5.88. The minimum absolute atomic E-state index is 0.480. The van der Waals surface area contributed by atoms with Gasteiger partial charge in [0.15, 0.2) is 10.0 Å². The van der Waals surface area contributed by atoms with Crippen molar-refractivity contribution in [2.24, 2.45) is 0 Å². The standard InChI is InChI=1S/C22H20FI2N5O2S/c1-11-27-28-21-22(2,3)26-16-6-5-14(18(20(23)25)19(16)30(11)21)15-9-12(24)10-17-13(15)7-8-29(17)33(4,31)32/h5-10,20,26H,1-4H3. The summed E-state index contributed by atoms with van der Waals surface area (Å²) in [5, 5.41) is 12.8. The van der Waals surface area contributed by atoms with Gasteiger partial charge in [-0.1, -0.05) is 6.07 Å². The largest absolute Gasteiger partial charge is 0.371 e. The highest BCUT2D eigenvalue weighted by Crippen LogP contribution is 2.47. The summed E-state index contributed by atoms with van der Waals surface area (Å²) in [6, 6.07) is 9.39. The third-order valence-corrected chi connectivity index (χ3v) is 8.15. The van der Waals surface area contributed by atoms with Crippen LogP contribution in [-0.2, 0) is 15.6 Å². The third-order valence-electron chi connectivity index (χ3n) is 5.87. The van der Waals surface area contributed by atoms with Crippen LogP contribution in [0, 0.1) is 10.5 Å². The highest BCUT2D eigenvalue weighted by Gasteiger charge is 2.37. The minimum atomic E-state index is -3.49. The van der Waals surface area contributed by atoms with E-state index in [0.717, 1.165) is 20.2 Å². The predicted molar refractivity (Wildman–Crippen MR) is 145 cm³/mol. The van der Waals surface area contributed by atoms with Gasteiger partial charge in [-0.3, -0.25) is 4.57 Å². The van der Waals surface area contributed by atoms with Crippen molar-refractivity contribution in [2.45, 2.75) is 30.5 Å². The van der Waals surface area contributed by atoms with Crippen LogP contribution in [0.25, 0.3) is 27.7 Å². The maximum absolute atomic E-state index is 15.4. The fraction of sp³-hybridized carbons (Fsp3) is 0.273. The number of aryl methyl sites for hydroxylation is 1. The molecule has 11 heteroatoms. The van der Waals surface area contributed by atoms with Crippen LogP contribution in [-0.4, -0.2) is 33.4 Å². The summed E-state index contributed by atoms with van der Waals surface area (Å²) < 4.78 is 42.7. The number of aromatic nitrogens is 4. The van der Waals surface area contributed by atoms with Crippen LogP contribution >= 0.6 is 45.2 Å². The second-order valence-corrected chi connectivity index (χ2v) is 12.8. The van der Waals surface area contributed by atoms with E-state index in [1.54, 1.807) is 34.9 Å². The highest BCUT2D eigenvalue weighted by atomic mass is 127. The lowest BCUT2D eigenvalue weighted by Crippen LogP contribution is -2.36. The van der Waals surface area contributed by atoms with Crippen molar-refractivity contribution in [2.75, 3.05) is 11.6 Å². The Labute approximate surface area is 218 Å². The number of hydrogen-bond donors (Lipinski definition) is 1. The van der Waals surface area contributed by atoms with Gasteiger partial charge in [0.2, 0.25) is 10.0 Å². The first-order valence-corrected chi connectivity index (χ1v) is 14.2. The molecule has 0 bridgehead atoms. The molecule has 0 aliphatic carbocycles. The number of rotatable bonds is 3. The Morgan fingerprint density at radius 2 is 1.88 bits per heavy atom. The molecule has 0 radical (unpaired) electrons. The van der Waals surface area contributed by atoms with Gasteiger partial charge in [0, 0.05) is 20.7 Å². The van der Waals surface area contributed by atoms with Gasteiger partial charge in [0.25, 0.3) is 0 Å². The first-order chi connectivity index (χ1) is 15.4. The maximum atomic E-state index is 15.4. The van der Waals surface area contributed by atoms with Crippen molar-refractivity contribution in [1.29, 1.82) is 0 Å². The van der Waals surface area contributed by atoms with Crippen molar-refractivity contribution in [3.8, 4) is 16.8 Å². The van der Waals surface area contributed by atoms with Crippen molar-refractivity contribution < 1.29 is 12.8 Å². The number of hydrogen-bond acceptors (Lipinski definition) is 5. The van der Waals surface area contributed by atoms with Crippen molar-refractivity contribution >= 4 is 71.8 Å². The number of fused-ring (bicyclic) bond motifs is 4. The number of alkyl halides is 2. The molecule has 7 nitrogen and oxygen atoms in total. The molecule has 1 unspecified atom stereocenters. The van der Waals surface area contributed by atoms with Crippen LogP contribution in [0.2, 0.25) is 0 Å². The molecular formula is C22H20FI2N5O2S. The second kappa shape index (κ2) is 7.63. The van der Waals surface area contributed by atoms with E-state index in [2.05, 4.69) is 38.1 Å². The molecule has 3 heterocycles. The zero-order valence-electron chi connectivity index (χ0n) is 18.2. The predicted octanol–water partition coefficient (Wildman–Crippen LogP) is 5.67. The van der Waals surface area contributed by atoms with Gasteiger partial charge in [-0.15, -0.1) is 10.2 Å². The fourth-order valence-corrected chi connectivity index (χ4v) is 6.56. The Balaban J connectivity index is 1.88. The lowest BCUT2D eigenvalue weighted by atomic mass is 9.92. The lowest BCUT2D eigenvalue weighted by Gasteiger charge is -2.35. The topological polar surface area (TPSA) is 81.8 Å². The molecule has 1 aliphatic rings. The Morgan fingerprint density at radius 3 is 2.55 bits per heavy atom. The van der Waals surface area contributed by atoms with Crippen LogP contribution in [0.4, 0.5) is 10.1 Å². The normalized spacial score (nSPS) is 15.7. The summed E-state index contributed by atoms with van der Waals surface area (Å²) in [4.78, 5) is 0. The van der Waals surface area contributed by atoms with Crippen LogP contribution < -0.4 is 5.32 Å². The summed E-state index contributed by atoms with van der Waals surface area (Å²) in [6.07, 6.45) is 2.71. The molecule has 4 aromatic rings. The summed E-state index contributed by atoms with van der Waals surface area (Å²) >= 11 is 3.95. The number of nitrogens with one attached hydrogen (secondary N) is 1. The maximum Gasteiger partial charge on any atom is 0.236 e. The molecule has 2 aromatic carbocycles. The van der Waals surface area contributed by atoms with Gasteiger partial charge >= 0.3 is 0 Å². The number of nitrogens with zero attached hydrogens (tertiary/aromatic N) is 4. The first-order valence-electron chi connectivity index (χ1n) is 10.1. The SMILES string of the molecule is Cc1nnc2n1-c1c(ccc(-c3cc(I)cc4c3ccn4S(C)(=O)=O)c1C(F)I)NC2(C)C. The molecule has 33 heavy (non-hydrogen) atoms. The number of halogens is 3. The molecule has 0 spiro atoms. The van der Waals surface area contributed by atoms with E-state index >= 15 is 4.39 Å². The zero-order chi connectivity index (χ0) is 23.9. The molecule has 1 N–H and O–H groups in total. The van der Waals surface area contributed by atoms with Crippen LogP contribution in [0.3, 0.4) is 0 Å². The van der Waals surface area contributed by atoms with Gasteiger partial charge in [-0.05, 0) is 101 Å². The van der Waals surface area contributed by atoms with E-state index in [-0.39, 0.29) is 0 Å². The van der Waals surface area contributed by atoms with Crippen molar-refractivity contribution in [1.82, 2.24) is 18.7 Å². The quantitative estimate of drug-likeness (QED) is 0.221. The second-order valence-electron chi connectivity index (χ2n) is 8.64. The summed E-state index contributed by atoms with van der Waals surface area (Å²) in [5.74, 6) is 1.38. The molecule has 1 atom stereocenters. The number of benzene rings is 2.